The van der Waals surface area contributed by atoms with Gasteiger partial charge in [-0.25, -0.2) is 9.18 Å². The fraction of sp³-hybridized carbons (Fsp3) is 0.840. The summed E-state index contributed by atoms with van der Waals surface area (Å²) in [7, 11) is 1.22. The Morgan fingerprint density at radius 2 is 1.94 bits per heavy atom. The van der Waals surface area contributed by atoms with Crippen molar-refractivity contribution in [2.45, 2.75) is 101 Å². The summed E-state index contributed by atoms with van der Waals surface area (Å²) >= 11 is 0. The van der Waals surface area contributed by atoms with Crippen molar-refractivity contribution in [3.63, 3.8) is 0 Å². The smallest absolute Gasteiger partial charge is 0.343 e. The molecule has 0 radical (unpaired) electrons. The number of ether oxygens (including phenoxy) is 3. The first-order valence-electron chi connectivity index (χ1n) is 12.9. The summed E-state index contributed by atoms with van der Waals surface area (Å²) in [6.07, 6.45) is 5.42. The van der Waals surface area contributed by atoms with Crippen molar-refractivity contribution in [1.82, 2.24) is 10.0 Å². The van der Waals surface area contributed by atoms with Gasteiger partial charge in [0.1, 0.15) is 11.7 Å². The van der Waals surface area contributed by atoms with E-state index in [1.54, 1.807) is 13.1 Å². The highest BCUT2D eigenvalue weighted by Crippen LogP contribution is 2.53. The molecule has 6 rings (SSSR count). The van der Waals surface area contributed by atoms with Crippen molar-refractivity contribution in [1.29, 1.82) is 0 Å². The van der Waals surface area contributed by atoms with E-state index in [-0.39, 0.29) is 43.0 Å². The van der Waals surface area contributed by atoms with Gasteiger partial charge in [0.05, 0.1) is 49.1 Å². The van der Waals surface area contributed by atoms with E-state index in [4.69, 9.17) is 14.2 Å². The maximum Gasteiger partial charge on any atom is 0.343 e. The summed E-state index contributed by atoms with van der Waals surface area (Å²) < 4.78 is 48.0. The lowest BCUT2D eigenvalue weighted by molar-refractivity contribution is -0.235. The molecule has 7 nitrogen and oxygen atoms in total. The van der Waals surface area contributed by atoms with E-state index < -0.39 is 42.0 Å². The van der Waals surface area contributed by atoms with Crippen molar-refractivity contribution >= 4 is 11.8 Å². The molecule has 34 heavy (non-hydrogen) atoms. The topological polar surface area (TPSA) is 68.3 Å². The number of Topliss-reactive ketones (excluding diaryl/α,β-unsaturated/α-hetero) is 1. The molecule has 0 spiro atoms. The second kappa shape index (κ2) is 8.52. The van der Waals surface area contributed by atoms with Gasteiger partial charge >= 0.3 is 5.97 Å². The summed E-state index contributed by atoms with van der Waals surface area (Å²) in [6.45, 7) is 1.84. The molecule has 0 aromatic carbocycles. The van der Waals surface area contributed by atoms with Gasteiger partial charge in [0.15, 0.2) is 5.78 Å². The zero-order valence-electron chi connectivity index (χ0n) is 19.8. The number of hydrogen-bond donors (Lipinski definition) is 0. The molecule has 188 valence electrons. The molecule has 3 aliphatic heterocycles. The van der Waals surface area contributed by atoms with Crippen molar-refractivity contribution in [3.8, 4) is 0 Å². The van der Waals surface area contributed by atoms with Crippen LogP contribution < -0.4 is 0 Å². The molecule has 0 N–H and O–H groups in total. The van der Waals surface area contributed by atoms with Gasteiger partial charge in [-0.05, 0) is 50.9 Å². The Bertz CT molecular complexity index is 883. The average molecular weight is 481 g/mol. The molecule has 6 aliphatic rings. The lowest BCUT2D eigenvalue weighted by Gasteiger charge is -2.60. The van der Waals surface area contributed by atoms with Crippen LogP contribution in [0.3, 0.4) is 0 Å². The van der Waals surface area contributed by atoms with Crippen LogP contribution in [0.5, 0.6) is 0 Å². The summed E-state index contributed by atoms with van der Waals surface area (Å²) in [5, 5.41) is 0.403. The molecule has 5 fully saturated rings. The monoisotopic (exact) mass is 480 g/mol. The van der Waals surface area contributed by atoms with Crippen LogP contribution in [0.1, 0.15) is 51.9 Å². The maximum atomic E-state index is 15.3. The molecule has 0 bridgehead atoms. The number of hydrogen-bond acceptors (Lipinski definition) is 7. The molecule has 0 aromatic rings. The van der Waals surface area contributed by atoms with E-state index in [2.05, 4.69) is 0 Å². The van der Waals surface area contributed by atoms with Gasteiger partial charge < -0.3 is 19.1 Å². The van der Waals surface area contributed by atoms with Gasteiger partial charge in [-0.1, -0.05) is 12.8 Å². The van der Waals surface area contributed by atoms with Crippen molar-refractivity contribution in [3.05, 3.63) is 11.8 Å². The highest BCUT2D eigenvalue weighted by atomic mass is 19.2. The Hall–Kier alpha value is -1.58. The molecule has 9 heteroatoms. The van der Waals surface area contributed by atoms with Crippen molar-refractivity contribution in [2.75, 3.05) is 13.7 Å². The number of carbonyl (C=O) groups is 2. The average Bonchev–Trinajstić information content (AvgIpc) is 3.16. The number of fused-ring (bicyclic) bond motifs is 5. The van der Waals surface area contributed by atoms with Gasteiger partial charge in [0.25, 0.3) is 0 Å². The number of nitrogens with zero attached hydrogens (tertiary/aromatic N) is 2. The van der Waals surface area contributed by atoms with Gasteiger partial charge in [0, 0.05) is 19.2 Å². The van der Waals surface area contributed by atoms with E-state index >= 15 is 4.39 Å². The van der Waals surface area contributed by atoms with E-state index in [0.717, 1.165) is 25.7 Å². The first-order valence-corrected chi connectivity index (χ1v) is 12.9. The van der Waals surface area contributed by atoms with E-state index in [1.807, 2.05) is 4.90 Å². The molecule has 0 aromatic heterocycles. The quantitative estimate of drug-likeness (QED) is 0.350. The number of esters is 1. The van der Waals surface area contributed by atoms with Gasteiger partial charge in [-0.3, -0.25) is 4.79 Å². The van der Waals surface area contributed by atoms with Crippen LogP contribution in [0.4, 0.5) is 8.87 Å². The third kappa shape index (κ3) is 3.37. The van der Waals surface area contributed by atoms with Crippen LogP contribution in [0.2, 0.25) is 0 Å². The standard InChI is InChI=1S/C25H34F2N2O5/c1-3-32-25(31)15-11-29-17-10-19-13(12-6-4-5-7-18(12)33-19)9-20(17)34-24-21(29)14(23(15)30)8-16(26)22(24)28(2)27/h11-14,16-22,24H,3-10H2,1-2H3. The Balaban J connectivity index is 1.38. The van der Waals surface area contributed by atoms with Crippen LogP contribution in [-0.4, -0.2) is 84.1 Å². The predicted molar refractivity (Wildman–Crippen MR) is 117 cm³/mol. The molecular formula is C25H34F2N2O5. The summed E-state index contributed by atoms with van der Waals surface area (Å²) in [4.78, 5) is 28.0. The highest BCUT2D eigenvalue weighted by Gasteiger charge is 2.62. The minimum absolute atomic E-state index is 0.0371. The molecule has 2 saturated heterocycles. The lowest BCUT2D eigenvalue weighted by atomic mass is 9.67. The summed E-state index contributed by atoms with van der Waals surface area (Å²) in [6, 6.07) is -1.71. The molecule has 0 amide bonds. The third-order valence-electron chi connectivity index (χ3n) is 9.32. The number of likely N-dealkylation sites (N-methyl/N-ethyl adjacent to an activating group) is 1. The Morgan fingerprint density at radius 3 is 2.71 bits per heavy atom. The van der Waals surface area contributed by atoms with Gasteiger partial charge in [-0.15, -0.1) is 9.60 Å². The second-order valence-electron chi connectivity index (χ2n) is 10.9. The number of morpholine rings is 1. The molecule has 3 aliphatic carbocycles. The molecule has 11 unspecified atom stereocenters. The fourth-order valence-corrected chi connectivity index (χ4v) is 7.98. The Morgan fingerprint density at radius 1 is 1.15 bits per heavy atom. The molecule has 11 atom stereocenters. The van der Waals surface area contributed by atoms with Crippen molar-refractivity contribution in [2.24, 2.45) is 17.8 Å². The van der Waals surface area contributed by atoms with Crippen LogP contribution in [0.25, 0.3) is 0 Å². The number of rotatable bonds is 3. The van der Waals surface area contributed by atoms with Crippen LogP contribution in [0.15, 0.2) is 11.8 Å². The van der Waals surface area contributed by atoms with Crippen LogP contribution in [0, 0.1) is 17.8 Å². The third-order valence-corrected chi connectivity index (χ3v) is 9.32. The summed E-state index contributed by atoms with van der Waals surface area (Å²) in [5.74, 6) is -0.979. The lowest BCUT2D eigenvalue weighted by Crippen LogP contribution is -2.73. The number of ketones is 1. The number of halogens is 2. The zero-order valence-corrected chi connectivity index (χ0v) is 19.8. The number of carbonyl (C=O) groups excluding carboxylic acids is 2. The fourth-order valence-electron chi connectivity index (χ4n) is 7.98. The SMILES string of the molecule is CCOC(=O)C1=CN2C3CC4OC5CCCCC5C4CC3OC3C(N(C)F)C(F)CC(C1=O)C32. The first kappa shape index (κ1) is 22.9. The first-order chi connectivity index (χ1) is 16.4. The maximum absolute atomic E-state index is 15.3. The molecule has 3 heterocycles. The van der Waals surface area contributed by atoms with Crippen molar-refractivity contribution < 1.29 is 32.7 Å². The Labute approximate surface area is 198 Å². The highest BCUT2D eigenvalue weighted by molar-refractivity contribution is 6.18. The van der Waals surface area contributed by atoms with Gasteiger partial charge in [-0.2, -0.15) is 0 Å². The molecular weight excluding hydrogens is 446 g/mol. The molecule has 3 saturated carbocycles. The van der Waals surface area contributed by atoms with Crippen LogP contribution >= 0.6 is 0 Å². The Kier molecular flexibility index (Phi) is 5.73. The van der Waals surface area contributed by atoms with E-state index in [9.17, 15) is 14.1 Å². The zero-order chi connectivity index (χ0) is 23.7. The predicted octanol–water partition coefficient (Wildman–Crippen LogP) is 2.73. The summed E-state index contributed by atoms with van der Waals surface area (Å²) in [5.41, 5.74) is -0.0371. The second-order valence-corrected chi connectivity index (χ2v) is 10.9. The minimum atomic E-state index is -1.57. The number of alkyl halides is 1. The largest absolute Gasteiger partial charge is 0.462 e. The minimum Gasteiger partial charge on any atom is -0.462 e. The normalized spacial score (nSPS) is 47.3. The van der Waals surface area contributed by atoms with E-state index in [1.165, 1.54) is 19.9 Å². The van der Waals surface area contributed by atoms with Crippen LogP contribution in [-0.2, 0) is 23.8 Å². The van der Waals surface area contributed by atoms with E-state index in [0.29, 0.717) is 17.0 Å². The van der Waals surface area contributed by atoms with Gasteiger partial charge in [0.2, 0.25) is 0 Å².